The molecule has 2 aromatic rings. The number of para-hydroxylation sites is 2. The predicted octanol–water partition coefficient (Wildman–Crippen LogP) is 3.08. The number of ketones is 1. The third-order valence-electron chi connectivity index (χ3n) is 3.95. The van der Waals surface area contributed by atoms with Crippen LogP contribution in [0.2, 0.25) is 0 Å². The first-order valence-electron chi connectivity index (χ1n) is 7.24. The van der Waals surface area contributed by atoms with Gasteiger partial charge in [0.15, 0.2) is 5.78 Å². The standard InChI is InChI=1S/C18H17NO3/c1-22-17-9-5-4-8-15(17)19-18(21)13-10-12-6-2-3-7-14(12)16(20)11-13/h2-9,13H,10-11H2,1H3,(H,19,21). The van der Waals surface area contributed by atoms with Gasteiger partial charge in [0.05, 0.1) is 12.8 Å². The minimum absolute atomic E-state index is 0.0297. The number of amides is 1. The Morgan fingerprint density at radius 2 is 1.82 bits per heavy atom. The molecule has 0 aromatic heterocycles. The van der Waals surface area contributed by atoms with Crippen LogP contribution in [-0.4, -0.2) is 18.8 Å². The highest BCUT2D eigenvalue weighted by atomic mass is 16.5. The zero-order chi connectivity index (χ0) is 15.5. The molecule has 1 aliphatic carbocycles. The van der Waals surface area contributed by atoms with Crippen LogP contribution in [0.15, 0.2) is 48.5 Å². The third-order valence-corrected chi connectivity index (χ3v) is 3.95. The van der Waals surface area contributed by atoms with E-state index in [1.165, 1.54) is 0 Å². The maximum atomic E-state index is 12.5. The summed E-state index contributed by atoms with van der Waals surface area (Å²) in [6.45, 7) is 0. The van der Waals surface area contributed by atoms with Crippen molar-refractivity contribution in [3.8, 4) is 5.75 Å². The molecule has 112 valence electrons. The van der Waals surface area contributed by atoms with Crippen molar-refractivity contribution in [2.75, 3.05) is 12.4 Å². The smallest absolute Gasteiger partial charge is 0.228 e. The summed E-state index contributed by atoms with van der Waals surface area (Å²) in [5, 5.41) is 2.87. The van der Waals surface area contributed by atoms with Gasteiger partial charge in [-0.1, -0.05) is 36.4 Å². The van der Waals surface area contributed by atoms with E-state index in [0.29, 0.717) is 17.9 Å². The summed E-state index contributed by atoms with van der Waals surface area (Å²) in [7, 11) is 1.56. The molecule has 0 bridgehead atoms. The molecule has 2 aromatic carbocycles. The molecule has 0 aliphatic heterocycles. The van der Waals surface area contributed by atoms with E-state index in [4.69, 9.17) is 4.74 Å². The number of carbonyl (C=O) groups excluding carboxylic acids is 2. The first kappa shape index (κ1) is 14.3. The van der Waals surface area contributed by atoms with Crippen LogP contribution in [0.4, 0.5) is 5.69 Å². The van der Waals surface area contributed by atoms with Crippen LogP contribution >= 0.6 is 0 Å². The highest BCUT2D eigenvalue weighted by Crippen LogP contribution is 2.28. The molecule has 0 spiro atoms. The lowest BCUT2D eigenvalue weighted by Crippen LogP contribution is -2.31. The second-order valence-electron chi connectivity index (χ2n) is 5.38. The highest BCUT2D eigenvalue weighted by molar-refractivity contribution is 6.04. The molecule has 22 heavy (non-hydrogen) atoms. The number of rotatable bonds is 3. The van der Waals surface area contributed by atoms with Gasteiger partial charge in [-0.2, -0.15) is 0 Å². The van der Waals surface area contributed by atoms with Gasteiger partial charge in [-0.25, -0.2) is 0 Å². The van der Waals surface area contributed by atoms with Crippen LogP contribution in [-0.2, 0) is 11.2 Å². The van der Waals surface area contributed by atoms with Gasteiger partial charge in [-0.15, -0.1) is 0 Å². The molecule has 4 heteroatoms. The molecule has 0 heterocycles. The molecule has 0 saturated carbocycles. The SMILES string of the molecule is COc1ccccc1NC(=O)C1CC(=O)c2ccccc2C1. The van der Waals surface area contributed by atoms with E-state index in [2.05, 4.69) is 5.32 Å². The van der Waals surface area contributed by atoms with Crippen LogP contribution in [0.25, 0.3) is 0 Å². The van der Waals surface area contributed by atoms with E-state index < -0.39 is 0 Å². The highest BCUT2D eigenvalue weighted by Gasteiger charge is 2.29. The fourth-order valence-electron chi connectivity index (χ4n) is 2.81. The van der Waals surface area contributed by atoms with Gasteiger partial charge >= 0.3 is 0 Å². The van der Waals surface area contributed by atoms with Crippen LogP contribution < -0.4 is 10.1 Å². The lowest BCUT2D eigenvalue weighted by molar-refractivity contribution is -0.119. The van der Waals surface area contributed by atoms with Gasteiger partial charge in [0, 0.05) is 17.9 Å². The van der Waals surface area contributed by atoms with Gasteiger partial charge < -0.3 is 10.1 Å². The van der Waals surface area contributed by atoms with Crippen molar-refractivity contribution in [1.82, 2.24) is 0 Å². The lowest BCUT2D eigenvalue weighted by Gasteiger charge is -2.23. The van der Waals surface area contributed by atoms with Crippen molar-refractivity contribution in [3.05, 3.63) is 59.7 Å². The maximum absolute atomic E-state index is 12.5. The van der Waals surface area contributed by atoms with E-state index in [1.54, 1.807) is 19.2 Å². The second-order valence-corrected chi connectivity index (χ2v) is 5.38. The predicted molar refractivity (Wildman–Crippen MR) is 84.2 cm³/mol. The van der Waals surface area contributed by atoms with Crippen molar-refractivity contribution in [1.29, 1.82) is 0 Å². The van der Waals surface area contributed by atoms with E-state index in [1.807, 2.05) is 36.4 Å². The molecule has 1 amide bonds. The average molecular weight is 295 g/mol. The number of anilines is 1. The molecule has 0 fully saturated rings. The summed E-state index contributed by atoms with van der Waals surface area (Å²) in [5.41, 5.74) is 2.31. The Kier molecular flexibility index (Phi) is 3.92. The number of methoxy groups -OCH3 is 1. The van der Waals surface area contributed by atoms with Gasteiger partial charge in [0.25, 0.3) is 0 Å². The number of carbonyl (C=O) groups is 2. The Bertz CT molecular complexity index is 724. The summed E-state index contributed by atoms with van der Waals surface area (Å²) >= 11 is 0. The Morgan fingerprint density at radius 3 is 2.64 bits per heavy atom. The molecular formula is C18H17NO3. The van der Waals surface area contributed by atoms with Gasteiger partial charge in [-0.3, -0.25) is 9.59 Å². The number of Topliss-reactive ketones (excluding diaryl/α,β-unsaturated/α-hetero) is 1. The minimum Gasteiger partial charge on any atom is -0.495 e. The van der Waals surface area contributed by atoms with Gasteiger partial charge in [0.2, 0.25) is 5.91 Å². The molecule has 1 aliphatic rings. The Hall–Kier alpha value is -2.62. The quantitative estimate of drug-likeness (QED) is 0.946. The number of fused-ring (bicyclic) bond motifs is 1. The number of benzene rings is 2. The van der Waals surface area contributed by atoms with Crippen LogP contribution in [0.5, 0.6) is 5.75 Å². The molecule has 1 N–H and O–H groups in total. The summed E-state index contributed by atoms with van der Waals surface area (Å²) in [6, 6.07) is 14.7. The largest absolute Gasteiger partial charge is 0.495 e. The van der Waals surface area contributed by atoms with E-state index in [9.17, 15) is 9.59 Å². The molecule has 0 radical (unpaired) electrons. The van der Waals surface area contributed by atoms with Crippen LogP contribution in [0, 0.1) is 5.92 Å². The molecule has 4 nitrogen and oxygen atoms in total. The fraction of sp³-hybridized carbons (Fsp3) is 0.222. The van der Waals surface area contributed by atoms with Crippen LogP contribution in [0.3, 0.4) is 0 Å². The molecule has 0 saturated heterocycles. The van der Waals surface area contributed by atoms with Crippen molar-refractivity contribution >= 4 is 17.4 Å². The normalized spacial score (nSPS) is 16.8. The number of nitrogens with one attached hydrogen (secondary N) is 1. The molecule has 1 atom stereocenters. The van der Waals surface area contributed by atoms with Crippen molar-refractivity contribution in [2.24, 2.45) is 5.92 Å². The van der Waals surface area contributed by atoms with Crippen molar-refractivity contribution < 1.29 is 14.3 Å². The summed E-state index contributed by atoms with van der Waals surface area (Å²) < 4.78 is 5.23. The first-order chi connectivity index (χ1) is 10.7. The van der Waals surface area contributed by atoms with E-state index in [0.717, 1.165) is 11.1 Å². The zero-order valence-electron chi connectivity index (χ0n) is 12.3. The van der Waals surface area contributed by atoms with Crippen LogP contribution in [0.1, 0.15) is 22.3 Å². The summed E-state index contributed by atoms with van der Waals surface area (Å²) in [5.74, 6) is 0.153. The van der Waals surface area contributed by atoms with E-state index >= 15 is 0 Å². The molecule has 1 unspecified atom stereocenters. The van der Waals surface area contributed by atoms with E-state index in [-0.39, 0.29) is 24.0 Å². The second kappa shape index (κ2) is 6.02. The minimum atomic E-state index is -0.340. The Morgan fingerprint density at radius 1 is 1.09 bits per heavy atom. The number of ether oxygens (including phenoxy) is 1. The third kappa shape index (κ3) is 2.72. The van der Waals surface area contributed by atoms with Gasteiger partial charge in [-0.05, 0) is 24.1 Å². The topological polar surface area (TPSA) is 55.4 Å². The maximum Gasteiger partial charge on any atom is 0.228 e. The molecule has 3 rings (SSSR count). The monoisotopic (exact) mass is 295 g/mol. The van der Waals surface area contributed by atoms with Gasteiger partial charge in [0.1, 0.15) is 5.75 Å². The fourth-order valence-corrected chi connectivity index (χ4v) is 2.81. The molecular weight excluding hydrogens is 278 g/mol. The average Bonchev–Trinajstić information content (AvgIpc) is 2.55. The first-order valence-corrected chi connectivity index (χ1v) is 7.24. The zero-order valence-corrected chi connectivity index (χ0v) is 12.3. The summed E-state index contributed by atoms with van der Waals surface area (Å²) in [4.78, 5) is 24.6. The number of hydrogen-bond donors (Lipinski definition) is 1. The van der Waals surface area contributed by atoms with Crippen molar-refractivity contribution in [3.63, 3.8) is 0 Å². The number of hydrogen-bond acceptors (Lipinski definition) is 3. The Balaban J connectivity index is 1.78. The Labute approximate surface area is 129 Å². The summed E-state index contributed by atoms with van der Waals surface area (Å²) in [6.07, 6.45) is 0.834. The van der Waals surface area contributed by atoms with Crippen molar-refractivity contribution in [2.45, 2.75) is 12.8 Å². The lowest BCUT2D eigenvalue weighted by atomic mass is 9.82.